The number of hydrogen-bond acceptors (Lipinski definition) is 5. The van der Waals surface area contributed by atoms with Gasteiger partial charge in [0.2, 0.25) is 5.91 Å². The Morgan fingerprint density at radius 1 is 0.312 bits per heavy atom. The largest absolute Gasteiger partial charge is 0.466 e. The summed E-state index contributed by atoms with van der Waals surface area (Å²) >= 11 is 0. The van der Waals surface area contributed by atoms with Crippen LogP contribution in [-0.4, -0.2) is 47.4 Å². The molecule has 0 rings (SSSR count). The molecular formula is C71H141NO5. The zero-order chi connectivity index (χ0) is 55.7. The average Bonchev–Trinajstić information content (AvgIpc) is 3.43. The van der Waals surface area contributed by atoms with Crippen LogP contribution < -0.4 is 5.32 Å². The first-order valence-electron chi connectivity index (χ1n) is 35.8. The summed E-state index contributed by atoms with van der Waals surface area (Å²) in [5, 5.41) is 23.4. The SMILES string of the molecule is CCCCCCCCCCCCCCCCCCCCCCC(O)C(CO)NC(=O)CCCCCCCCCCCCCCCCCCCCCCCCCCCOC(=O)CCCCCCCCCCCCCCCCC. The van der Waals surface area contributed by atoms with E-state index in [9.17, 15) is 19.8 Å². The summed E-state index contributed by atoms with van der Waals surface area (Å²) in [5.41, 5.74) is 0. The molecule has 460 valence electrons. The number of aliphatic hydroxyl groups is 2. The van der Waals surface area contributed by atoms with E-state index in [1.54, 1.807) is 0 Å². The number of rotatable bonds is 68. The highest BCUT2D eigenvalue weighted by atomic mass is 16.5. The normalized spacial score (nSPS) is 12.4. The lowest BCUT2D eigenvalue weighted by Gasteiger charge is -2.22. The predicted octanol–water partition coefficient (Wildman–Crippen LogP) is 23.0. The van der Waals surface area contributed by atoms with E-state index >= 15 is 0 Å². The molecule has 6 nitrogen and oxygen atoms in total. The van der Waals surface area contributed by atoms with Crippen molar-refractivity contribution in [3.8, 4) is 0 Å². The monoisotopic (exact) mass is 1090 g/mol. The smallest absolute Gasteiger partial charge is 0.305 e. The molecule has 0 aliphatic carbocycles. The minimum absolute atomic E-state index is 0.0208. The van der Waals surface area contributed by atoms with Crippen molar-refractivity contribution in [3.05, 3.63) is 0 Å². The van der Waals surface area contributed by atoms with Gasteiger partial charge >= 0.3 is 5.97 Å². The summed E-state index contributed by atoms with van der Waals surface area (Å²) in [7, 11) is 0. The third-order valence-electron chi connectivity index (χ3n) is 17.2. The molecule has 0 bridgehead atoms. The van der Waals surface area contributed by atoms with Crippen LogP contribution in [0.25, 0.3) is 0 Å². The van der Waals surface area contributed by atoms with E-state index in [1.807, 2.05) is 0 Å². The number of aliphatic hydroxyl groups excluding tert-OH is 2. The molecule has 6 heteroatoms. The maximum absolute atomic E-state index is 12.5. The zero-order valence-corrected chi connectivity index (χ0v) is 52.7. The Morgan fingerprint density at radius 3 is 0.792 bits per heavy atom. The average molecular weight is 1090 g/mol. The van der Waals surface area contributed by atoms with Crippen LogP contribution in [-0.2, 0) is 14.3 Å². The number of carbonyl (C=O) groups excluding carboxylic acids is 2. The van der Waals surface area contributed by atoms with Gasteiger partial charge in [0.15, 0.2) is 0 Å². The lowest BCUT2D eigenvalue weighted by molar-refractivity contribution is -0.143. The molecule has 0 heterocycles. The fourth-order valence-corrected chi connectivity index (χ4v) is 11.7. The second kappa shape index (κ2) is 67.4. The molecule has 0 aliphatic heterocycles. The van der Waals surface area contributed by atoms with Crippen molar-refractivity contribution in [1.82, 2.24) is 5.32 Å². The molecule has 0 fully saturated rings. The van der Waals surface area contributed by atoms with Gasteiger partial charge in [0, 0.05) is 12.8 Å². The van der Waals surface area contributed by atoms with Gasteiger partial charge in [-0.1, -0.05) is 380 Å². The lowest BCUT2D eigenvalue weighted by atomic mass is 10.0. The van der Waals surface area contributed by atoms with E-state index in [4.69, 9.17) is 4.74 Å². The lowest BCUT2D eigenvalue weighted by Crippen LogP contribution is -2.45. The Bertz CT molecular complexity index is 1120. The highest BCUT2D eigenvalue weighted by Crippen LogP contribution is 2.20. The van der Waals surface area contributed by atoms with Crippen LogP contribution >= 0.6 is 0 Å². The van der Waals surface area contributed by atoms with Gasteiger partial charge in [-0.3, -0.25) is 9.59 Å². The molecule has 0 radical (unpaired) electrons. The number of ether oxygens (including phenoxy) is 1. The summed E-state index contributed by atoms with van der Waals surface area (Å²) in [5.74, 6) is -0.00709. The van der Waals surface area contributed by atoms with Gasteiger partial charge in [0.05, 0.1) is 25.4 Å². The van der Waals surface area contributed by atoms with Crippen LogP contribution in [0.5, 0.6) is 0 Å². The highest BCUT2D eigenvalue weighted by Gasteiger charge is 2.20. The Kier molecular flexibility index (Phi) is 66.4. The Balaban J connectivity index is 3.34. The fraction of sp³-hybridized carbons (Fsp3) is 0.972. The number of carbonyl (C=O) groups is 2. The molecule has 1 amide bonds. The van der Waals surface area contributed by atoms with Gasteiger partial charge in [-0.05, 0) is 25.7 Å². The standard InChI is InChI=1S/C71H141NO5/c1-3-5-7-9-11-13-15-17-19-20-21-29-32-36-39-43-47-51-55-59-63-69(74)68(67-73)72-70(75)64-60-56-52-48-44-40-37-33-30-27-25-23-22-24-26-28-31-34-38-42-46-50-54-58-62-66-77-71(76)65-61-57-53-49-45-41-35-18-16-14-12-10-8-6-4-2/h68-69,73-74H,3-67H2,1-2H3,(H,72,75). The molecule has 0 aliphatic rings. The van der Waals surface area contributed by atoms with Gasteiger partial charge < -0.3 is 20.3 Å². The zero-order valence-electron chi connectivity index (χ0n) is 52.7. The maximum atomic E-state index is 12.5. The predicted molar refractivity (Wildman–Crippen MR) is 338 cm³/mol. The molecule has 2 atom stereocenters. The topological polar surface area (TPSA) is 95.9 Å². The quantitative estimate of drug-likeness (QED) is 0.0417. The highest BCUT2D eigenvalue weighted by molar-refractivity contribution is 5.76. The summed E-state index contributed by atoms with van der Waals surface area (Å²) in [6.07, 6.45) is 81.5. The molecular weight excluding hydrogens is 947 g/mol. The Hall–Kier alpha value is -1.14. The van der Waals surface area contributed by atoms with E-state index in [-0.39, 0.29) is 18.5 Å². The van der Waals surface area contributed by atoms with Crippen LogP contribution in [0, 0.1) is 0 Å². The minimum Gasteiger partial charge on any atom is -0.466 e. The molecule has 0 aromatic rings. The van der Waals surface area contributed by atoms with Crippen molar-refractivity contribution in [2.75, 3.05) is 13.2 Å². The van der Waals surface area contributed by atoms with E-state index in [2.05, 4.69) is 19.2 Å². The number of amides is 1. The van der Waals surface area contributed by atoms with Gasteiger partial charge in [0.25, 0.3) is 0 Å². The van der Waals surface area contributed by atoms with Crippen molar-refractivity contribution >= 4 is 11.9 Å². The first kappa shape index (κ1) is 75.9. The number of hydrogen-bond donors (Lipinski definition) is 3. The van der Waals surface area contributed by atoms with Crippen molar-refractivity contribution in [2.24, 2.45) is 0 Å². The fourth-order valence-electron chi connectivity index (χ4n) is 11.7. The van der Waals surface area contributed by atoms with E-state index in [0.717, 1.165) is 38.5 Å². The molecule has 0 aromatic carbocycles. The van der Waals surface area contributed by atoms with Gasteiger partial charge in [-0.15, -0.1) is 0 Å². The third kappa shape index (κ3) is 63.9. The van der Waals surface area contributed by atoms with Gasteiger partial charge in [0.1, 0.15) is 0 Å². The Morgan fingerprint density at radius 2 is 0.532 bits per heavy atom. The molecule has 0 aromatic heterocycles. The van der Waals surface area contributed by atoms with E-state index in [1.165, 1.54) is 347 Å². The Labute approximate surface area is 483 Å². The van der Waals surface area contributed by atoms with Gasteiger partial charge in [-0.2, -0.15) is 0 Å². The van der Waals surface area contributed by atoms with Crippen LogP contribution in [0.3, 0.4) is 0 Å². The molecule has 0 saturated heterocycles. The first-order chi connectivity index (χ1) is 38.0. The molecule has 0 saturated carbocycles. The molecule has 77 heavy (non-hydrogen) atoms. The maximum Gasteiger partial charge on any atom is 0.305 e. The van der Waals surface area contributed by atoms with Crippen LogP contribution in [0.2, 0.25) is 0 Å². The van der Waals surface area contributed by atoms with E-state index < -0.39 is 12.1 Å². The summed E-state index contributed by atoms with van der Waals surface area (Å²) in [6.45, 7) is 5.01. The number of esters is 1. The van der Waals surface area contributed by atoms with Crippen molar-refractivity contribution < 1.29 is 24.5 Å². The van der Waals surface area contributed by atoms with Gasteiger partial charge in [-0.25, -0.2) is 0 Å². The van der Waals surface area contributed by atoms with Crippen molar-refractivity contribution in [2.45, 2.75) is 431 Å². The molecule has 3 N–H and O–H groups in total. The van der Waals surface area contributed by atoms with E-state index in [0.29, 0.717) is 25.9 Å². The number of nitrogens with one attached hydrogen (secondary N) is 1. The second-order valence-electron chi connectivity index (χ2n) is 24.9. The first-order valence-corrected chi connectivity index (χ1v) is 35.8. The van der Waals surface area contributed by atoms with Crippen LogP contribution in [0.1, 0.15) is 418 Å². The summed E-state index contributed by atoms with van der Waals surface area (Å²) in [6, 6.07) is -0.540. The minimum atomic E-state index is -0.663. The second-order valence-corrected chi connectivity index (χ2v) is 24.9. The van der Waals surface area contributed by atoms with Crippen LogP contribution in [0.4, 0.5) is 0 Å². The van der Waals surface area contributed by atoms with Crippen LogP contribution in [0.15, 0.2) is 0 Å². The van der Waals surface area contributed by atoms with Crippen molar-refractivity contribution in [3.63, 3.8) is 0 Å². The summed E-state index contributed by atoms with van der Waals surface area (Å²) in [4.78, 5) is 24.6. The summed E-state index contributed by atoms with van der Waals surface area (Å²) < 4.78 is 5.50. The third-order valence-corrected chi connectivity index (χ3v) is 17.2. The molecule has 0 spiro atoms. The van der Waals surface area contributed by atoms with Crippen molar-refractivity contribution in [1.29, 1.82) is 0 Å². The molecule has 2 unspecified atom stereocenters. The number of unbranched alkanes of at least 4 members (excludes halogenated alkanes) is 57.